The van der Waals surface area contributed by atoms with Gasteiger partial charge in [-0.3, -0.25) is 0 Å². The number of aryl methyl sites for hydroxylation is 1. The minimum Gasteiger partial charge on any atom is -0.383 e. The highest BCUT2D eigenvalue weighted by Gasteiger charge is 2.63. The first kappa shape index (κ1) is 17.5. The summed E-state index contributed by atoms with van der Waals surface area (Å²) in [6.45, 7) is 1.91. The summed E-state index contributed by atoms with van der Waals surface area (Å²) in [5.74, 6) is 0. The van der Waals surface area contributed by atoms with E-state index in [0.29, 0.717) is 29.6 Å². The van der Waals surface area contributed by atoms with Gasteiger partial charge in [-0.15, -0.1) is 0 Å². The van der Waals surface area contributed by atoms with Crippen molar-refractivity contribution in [2.75, 3.05) is 0 Å². The largest absolute Gasteiger partial charge is 0.383 e. The number of nitrogens with zero attached hydrogens (tertiary/aromatic N) is 2. The zero-order valence-corrected chi connectivity index (χ0v) is 16.3. The van der Waals surface area contributed by atoms with Gasteiger partial charge < -0.3 is 5.11 Å². The number of hydrogen-bond donors (Lipinski definition) is 1. The summed E-state index contributed by atoms with van der Waals surface area (Å²) in [4.78, 5) is 0.205. The highest BCUT2D eigenvalue weighted by Crippen LogP contribution is 2.62. The lowest BCUT2D eigenvalue weighted by Gasteiger charge is -2.30. The Bertz CT molecular complexity index is 1270. The van der Waals surface area contributed by atoms with E-state index in [0.717, 1.165) is 17.4 Å². The molecule has 1 fully saturated rings. The Balaban J connectivity index is 1.86. The summed E-state index contributed by atoms with van der Waals surface area (Å²) in [5.41, 5.74) is 0.453. The first-order chi connectivity index (χ1) is 13.3. The van der Waals surface area contributed by atoms with Crippen molar-refractivity contribution in [3.63, 3.8) is 0 Å². The molecular formula is C22H20N2O3S. The van der Waals surface area contributed by atoms with Gasteiger partial charge in [0.2, 0.25) is 0 Å². The molecule has 2 aliphatic rings. The Morgan fingerprint density at radius 2 is 1.82 bits per heavy atom. The van der Waals surface area contributed by atoms with Crippen LogP contribution in [0.25, 0.3) is 10.9 Å². The van der Waals surface area contributed by atoms with Crippen LogP contribution < -0.4 is 0 Å². The summed E-state index contributed by atoms with van der Waals surface area (Å²) in [7, 11) is -3.86. The lowest BCUT2D eigenvalue weighted by atomic mass is 9.76. The smallest absolute Gasteiger partial charge is 0.268 e. The van der Waals surface area contributed by atoms with Crippen LogP contribution in [0.15, 0.2) is 53.4 Å². The second kappa shape index (κ2) is 5.47. The van der Waals surface area contributed by atoms with Crippen LogP contribution in [0.1, 0.15) is 36.1 Å². The number of aromatic nitrogens is 1. The second-order valence-electron chi connectivity index (χ2n) is 8.01. The van der Waals surface area contributed by atoms with Gasteiger partial charge >= 0.3 is 0 Å². The molecule has 0 radical (unpaired) electrons. The number of rotatable bonds is 2. The quantitative estimate of drug-likeness (QED) is 0.722. The van der Waals surface area contributed by atoms with Crippen molar-refractivity contribution in [3.05, 3.63) is 65.4 Å². The lowest BCUT2D eigenvalue weighted by Crippen LogP contribution is -2.36. The van der Waals surface area contributed by atoms with Crippen molar-refractivity contribution in [3.8, 4) is 6.07 Å². The van der Waals surface area contributed by atoms with Crippen LogP contribution in [0.4, 0.5) is 0 Å². The van der Waals surface area contributed by atoms with Crippen molar-refractivity contribution in [1.29, 1.82) is 5.26 Å². The van der Waals surface area contributed by atoms with Crippen molar-refractivity contribution >= 4 is 20.9 Å². The van der Waals surface area contributed by atoms with Crippen LogP contribution in [0.3, 0.4) is 0 Å². The van der Waals surface area contributed by atoms with Gasteiger partial charge in [0.05, 0.1) is 21.9 Å². The van der Waals surface area contributed by atoms with Crippen LogP contribution in [0.2, 0.25) is 0 Å². The van der Waals surface area contributed by atoms with Crippen LogP contribution in [-0.4, -0.2) is 17.5 Å². The molecule has 2 aliphatic carbocycles. The third-order valence-electron chi connectivity index (χ3n) is 6.52. The standard InChI is InChI=1S/C22H20N2O3S/c1-15-7-9-16(10-8-15)28(26,27)24-18-6-3-2-5-17(18)20-19(24)13-21(14-23)11-4-12-22(20,21)25/h2-3,5-10,25H,4,11-13H2,1H3. The van der Waals surface area contributed by atoms with Crippen LogP contribution in [0.5, 0.6) is 0 Å². The molecule has 0 saturated heterocycles. The Hall–Kier alpha value is -2.62. The average molecular weight is 392 g/mol. The maximum atomic E-state index is 13.6. The van der Waals surface area contributed by atoms with Crippen molar-refractivity contribution in [1.82, 2.24) is 3.97 Å². The van der Waals surface area contributed by atoms with Crippen LogP contribution in [-0.2, 0) is 22.0 Å². The van der Waals surface area contributed by atoms with Crippen LogP contribution in [0, 0.1) is 23.7 Å². The molecule has 1 aromatic heterocycles. The molecule has 28 heavy (non-hydrogen) atoms. The third-order valence-corrected chi connectivity index (χ3v) is 8.28. The van der Waals surface area contributed by atoms with E-state index >= 15 is 0 Å². The number of aliphatic hydroxyl groups is 1. The first-order valence-corrected chi connectivity index (χ1v) is 10.9. The summed E-state index contributed by atoms with van der Waals surface area (Å²) >= 11 is 0. The summed E-state index contributed by atoms with van der Waals surface area (Å²) in [6, 6.07) is 16.4. The zero-order valence-electron chi connectivity index (χ0n) is 15.5. The molecule has 142 valence electrons. The molecule has 6 heteroatoms. The Morgan fingerprint density at radius 3 is 2.54 bits per heavy atom. The minimum absolute atomic E-state index is 0.205. The molecule has 2 atom stereocenters. The topological polar surface area (TPSA) is 83.1 Å². The highest BCUT2D eigenvalue weighted by atomic mass is 32.2. The predicted molar refractivity (Wildman–Crippen MR) is 105 cm³/mol. The van der Waals surface area contributed by atoms with Crippen LogP contribution >= 0.6 is 0 Å². The van der Waals surface area contributed by atoms with E-state index in [4.69, 9.17) is 0 Å². The third kappa shape index (κ3) is 1.96. The molecule has 2 aromatic carbocycles. The number of nitriles is 1. The molecule has 3 aromatic rings. The highest BCUT2D eigenvalue weighted by molar-refractivity contribution is 7.90. The van der Waals surface area contributed by atoms with Crippen molar-refractivity contribution < 1.29 is 13.5 Å². The summed E-state index contributed by atoms with van der Waals surface area (Å²) in [6.07, 6.45) is 2.06. The van der Waals surface area contributed by atoms with Gasteiger partial charge in [-0.1, -0.05) is 35.9 Å². The number of hydrogen-bond acceptors (Lipinski definition) is 4. The lowest BCUT2D eigenvalue weighted by molar-refractivity contribution is -0.0223. The minimum atomic E-state index is -3.86. The van der Waals surface area contributed by atoms with Gasteiger partial charge in [-0.2, -0.15) is 5.26 Å². The van der Waals surface area contributed by atoms with E-state index in [-0.39, 0.29) is 11.3 Å². The molecule has 2 unspecified atom stereocenters. The first-order valence-electron chi connectivity index (χ1n) is 9.43. The molecule has 5 nitrogen and oxygen atoms in total. The van der Waals surface area contributed by atoms with E-state index in [1.807, 2.05) is 19.1 Å². The Morgan fingerprint density at radius 1 is 1.11 bits per heavy atom. The molecule has 0 aliphatic heterocycles. The van der Waals surface area contributed by atoms with Gasteiger partial charge in [-0.25, -0.2) is 12.4 Å². The zero-order chi connectivity index (χ0) is 19.7. The van der Waals surface area contributed by atoms with Gasteiger partial charge in [0.15, 0.2) is 0 Å². The van der Waals surface area contributed by atoms with Crippen molar-refractivity contribution in [2.24, 2.45) is 5.41 Å². The van der Waals surface area contributed by atoms with Gasteiger partial charge in [0.25, 0.3) is 10.0 Å². The van der Waals surface area contributed by atoms with E-state index in [9.17, 15) is 18.8 Å². The maximum Gasteiger partial charge on any atom is 0.268 e. The Labute approximate surface area is 163 Å². The normalized spacial score (nSPS) is 26.2. The maximum absolute atomic E-state index is 13.6. The summed E-state index contributed by atoms with van der Waals surface area (Å²) in [5, 5.41) is 22.2. The molecule has 5 rings (SSSR count). The van der Waals surface area contributed by atoms with Crippen molar-refractivity contribution in [2.45, 2.75) is 43.1 Å². The second-order valence-corrected chi connectivity index (χ2v) is 9.79. The van der Waals surface area contributed by atoms with E-state index in [1.165, 1.54) is 3.97 Å². The average Bonchev–Trinajstić information content (AvgIpc) is 3.25. The molecule has 1 heterocycles. The molecular weight excluding hydrogens is 372 g/mol. The molecule has 0 bridgehead atoms. The fourth-order valence-electron chi connectivity index (χ4n) is 5.14. The van der Waals surface area contributed by atoms with E-state index in [2.05, 4.69) is 6.07 Å². The van der Waals surface area contributed by atoms with Gasteiger partial charge in [-0.05, 0) is 44.4 Å². The summed E-state index contributed by atoms with van der Waals surface area (Å²) < 4.78 is 28.5. The molecule has 1 saturated carbocycles. The molecule has 1 N–H and O–H groups in total. The SMILES string of the molecule is Cc1ccc(S(=O)(=O)n2c3c(c4ccccc42)C2(O)CCCC2(C#N)C3)cc1. The van der Waals surface area contributed by atoms with E-state index in [1.54, 1.807) is 36.4 Å². The molecule has 0 spiro atoms. The van der Waals surface area contributed by atoms with Gasteiger partial charge in [0, 0.05) is 23.1 Å². The fraction of sp³-hybridized carbons (Fsp3) is 0.318. The fourth-order valence-corrected chi connectivity index (χ4v) is 6.70. The Kier molecular flexibility index (Phi) is 3.41. The number of benzene rings is 2. The van der Waals surface area contributed by atoms with Gasteiger partial charge in [0.1, 0.15) is 5.60 Å². The number of para-hydroxylation sites is 1. The predicted octanol–water partition coefficient (Wildman–Crippen LogP) is 3.62. The number of fused-ring (bicyclic) bond motifs is 5. The molecule has 0 amide bonds. The van der Waals surface area contributed by atoms with E-state index < -0.39 is 21.0 Å². The monoisotopic (exact) mass is 392 g/mol.